The van der Waals surface area contributed by atoms with E-state index in [0.29, 0.717) is 17.5 Å². The van der Waals surface area contributed by atoms with Gasteiger partial charge in [-0.3, -0.25) is 15.1 Å². The van der Waals surface area contributed by atoms with Gasteiger partial charge in [-0.25, -0.2) is 19.7 Å². The molecule has 0 fully saturated rings. The summed E-state index contributed by atoms with van der Waals surface area (Å²) >= 11 is 1.39. The third-order valence-corrected chi connectivity index (χ3v) is 7.28. The summed E-state index contributed by atoms with van der Waals surface area (Å²) in [5.74, 6) is 0.00771. The Balaban J connectivity index is 1.65. The lowest BCUT2D eigenvalue weighted by atomic mass is 10.0. The van der Waals surface area contributed by atoms with E-state index >= 15 is 0 Å². The van der Waals surface area contributed by atoms with Crippen molar-refractivity contribution in [2.24, 2.45) is 5.92 Å². The first kappa shape index (κ1) is 28.1. The molecule has 204 valence electrons. The Morgan fingerprint density at radius 2 is 1.85 bits per heavy atom. The van der Waals surface area contributed by atoms with Crippen molar-refractivity contribution in [3.63, 3.8) is 0 Å². The number of esters is 1. The van der Waals surface area contributed by atoms with Crippen molar-refractivity contribution in [3.8, 4) is 22.4 Å². The molecule has 1 atom stereocenters. The number of unbranched alkanes of at least 4 members (excludes halogenated alkanes) is 1. The molecular weight excluding hydrogens is 512 g/mol. The summed E-state index contributed by atoms with van der Waals surface area (Å²) < 4.78 is 6.70. The maximum atomic E-state index is 12.6. The van der Waals surface area contributed by atoms with Crippen molar-refractivity contribution < 1.29 is 14.3 Å². The fourth-order valence-corrected chi connectivity index (χ4v) is 5.04. The number of pyridine rings is 1. The van der Waals surface area contributed by atoms with Crippen LogP contribution in [0.4, 0.5) is 9.93 Å². The standard InChI is InChI=1S/C29H34N6O3S/c1-6-8-11-18(3)25(36)38-29(4,5)26-32-16-20(17-33-26)19-14-21(22-12-9-10-13-31-22)24-23(15-19)34-28(39-24)35-27(37)30-7-2/h9-10,12-18H,6-8,11H2,1-5H3,(H2,30,34,35,37). The van der Waals surface area contributed by atoms with Crippen LogP contribution in [0.1, 0.15) is 59.7 Å². The first-order chi connectivity index (χ1) is 18.7. The number of fused-ring (bicyclic) bond motifs is 1. The minimum Gasteiger partial charge on any atom is -0.451 e. The zero-order valence-corrected chi connectivity index (χ0v) is 23.8. The summed E-state index contributed by atoms with van der Waals surface area (Å²) in [6.45, 7) is 9.97. The van der Waals surface area contributed by atoms with Crippen LogP contribution in [0.15, 0.2) is 48.9 Å². The molecule has 4 aromatic rings. The molecule has 3 heterocycles. The van der Waals surface area contributed by atoms with E-state index in [1.165, 1.54) is 11.3 Å². The molecule has 2 N–H and O–H groups in total. The SMILES string of the molecule is CCCCC(C)C(=O)OC(C)(C)c1ncc(-c2cc(-c3ccccn3)c3sc(NC(=O)NCC)nc3c2)cn1. The highest BCUT2D eigenvalue weighted by Gasteiger charge is 2.30. The maximum Gasteiger partial charge on any atom is 0.321 e. The molecule has 1 aromatic carbocycles. The summed E-state index contributed by atoms with van der Waals surface area (Å²) in [6.07, 6.45) is 8.00. The molecule has 0 aliphatic rings. The highest BCUT2D eigenvalue weighted by molar-refractivity contribution is 7.22. The van der Waals surface area contributed by atoms with Gasteiger partial charge in [0.05, 0.1) is 21.8 Å². The van der Waals surface area contributed by atoms with Crippen LogP contribution in [0.25, 0.3) is 32.6 Å². The molecule has 0 aliphatic heterocycles. The van der Waals surface area contributed by atoms with Crippen molar-refractivity contribution in [1.29, 1.82) is 0 Å². The van der Waals surface area contributed by atoms with Gasteiger partial charge in [0.15, 0.2) is 16.6 Å². The van der Waals surface area contributed by atoms with E-state index in [9.17, 15) is 9.59 Å². The minimum atomic E-state index is -0.965. The zero-order chi connectivity index (χ0) is 28.0. The van der Waals surface area contributed by atoms with Crippen LogP contribution >= 0.6 is 11.3 Å². The molecule has 0 bridgehead atoms. The van der Waals surface area contributed by atoms with E-state index < -0.39 is 5.60 Å². The second-order valence-corrected chi connectivity index (χ2v) is 10.9. The van der Waals surface area contributed by atoms with Crippen LogP contribution in [0.2, 0.25) is 0 Å². The number of hydrogen-bond donors (Lipinski definition) is 2. The van der Waals surface area contributed by atoms with E-state index in [2.05, 4.69) is 37.5 Å². The lowest BCUT2D eigenvalue weighted by molar-refractivity contribution is -0.163. The number of carbonyl (C=O) groups is 2. The summed E-state index contributed by atoms with van der Waals surface area (Å²) in [5, 5.41) is 6.02. The van der Waals surface area contributed by atoms with Crippen molar-refractivity contribution in [2.75, 3.05) is 11.9 Å². The average molecular weight is 547 g/mol. The number of amides is 2. The van der Waals surface area contributed by atoms with E-state index in [-0.39, 0.29) is 17.9 Å². The summed E-state index contributed by atoms with van der Waals surface area (Å²) in [6, 6.07) is 9.40. The van der Waals surface area contributed by atoms with Crippen molar-refractivity contribution in [2.45, 2.75) is 59.5 Å². The van der Waals surface area contributed by atoms with Gasteiger partial charge in [0.2, 0.25) is 0 Å². The number of nitrogens with zero attached hydrogens (tertiary/aromatic N) is 4. The van der Waals surface area contributed by atoms with E-state index in [0.717, 1.165) is 51.9 Å². The van der Waals surface area contributed by atoms with Crippen molar-refractivity contribution in [1.82, 2.24) is 25.3 Å². The Bertz CT molecular complexity index is 1440. The molecule has 0 saturated heterocycles. The fourth-order valence-electron chi connectivity index (χ4n) is 4.08. The smallest absolute Gasteiger partial charge is 0.321 e. The molecule has 10 heteroatoms. The Labute approximate surface area is 232 Å². The molecule has 9 nitrogen and oxygen atoms in total. The first-order valence-electron chi connectivity index (χ1n) is 13.2. The first-order valence-corrected chi connectivity index (χ1v) is 14.0. The number of aromatic nitrogens is 4. The zero-order valence-electron chi connectivity index (χ0n) is 22.9. The number of hydrogen-bond acceptors (Lipinski definition) is 8. The molecule has 2 amide bonds. The van der Waals surface area contributed by atoms with E-state index in [1.807, 2.05) is 44.2 Å². The Kier molecular flexibility index (Phi) is 8.86. The largest absolute Gasteiger partial charge is 0.451 e. The number of anilines is 1. The van der Waals surface area contributed by atoms with Crippen molar-refractivity contribution in [3.05, 3.63) is 54.7 Å². The summed E-state index contributed by atoms with van der Waals surface area (Å²) in [7, 11) is 0. The van der Waals surface area contributed by atoms with Gasteiger partial charge in [-0.1, -0.05) is 44.1 Å². The predicted molar refractivity (Wildman–Crippen MR) is 154 cm³/mol. The van der Waals surface area contributed by atoms with Crippen LogP contribution in [0, 0.1) is 5.92 Å². The lowest BCUT2D eigenvalue weighted by Gasteiger charge is -2.25. The molecule has 0 radical (unpaired) electrons. The second-order valence-electron chi connectivity index (χ2n) is 9.86. The summed E-state index contributed by atoms with van der Waals surface area (Å²) in [5.41, 5.74) is 3.08. The normalized spacial score (nSPS) is 12.2. The number of carbonyl (C=O) groups excluding carboxylic acids is 2. The molecule has 0 saturated carbocycles. The lowest BCUT2D eigenvalue weighted by Crippen LogP contribution is -2.30. The van der Waals surface area contributed by atoms with Gasteiger partial charge in [-0.15, -0.1) is 0 Å². The van der Waals surface area contributed by atoms with Gasteiger partial charge >= 0.3 is 12.0 Å². The van der Waals surface area contributed by atoms with Crippen LogP contribution in [0.3, 0.4) is 0 Å². The van der Waals surface area contributed by atoms with Crippen LogP contribution < -0.4 is 10.6 Å². The minimum absolute atomic E-state index is 0.175. The van der Waals surface area contributed by atoms with Gasteiger partial charge in [0, 0.05) is 36.3 Å². The van der Waals surface area contributed by atoms with E-state index in [1.54, 1.807) is 32.4 Å². The summed E-state index contributed by atoms with van der Waals surface area (Å²) in [4.78, 5) is 43.0. The highest BCUT2D eigenvalue weighted by Crippen LogP contribution is 2.38. The highest BCUT2D eigenvalue weighted by atomic mass is 32.1. The van der Waals surface area contributed by atoms with Gasteiger partial charge in [0.1, 0.15) is 0 Å². The van der Waals surface area contributed by atoms with Crippen LogP contribution in [0.5, 0.6) is 0 Å². The van der Waals surface area contributed by atoms with E-state index in [4.69, 9.17) is 4.74 Å². The van der Waals surface area contributed by atoms with Crippen molar-refractivity contribution >= 4 is 38.7 Å². The van der Waals surface area contributed by atoms with Gasteiger partial charge in [-0.2, -0.15) is 0 Å². The van der Waals surface area contributed by atoms with Gasteiger partial charge in [0.25, 0.3) is 0 Å². The molecule has 0 aliphatic carbocycles. The fraction of sp³-hybridized carbons (Fsp3) is 0.379. The average Bonchev–Trinajstić information content (AvgIpc) is 3.33. The van der Waals surface area contributed by atoms with Crippen LogP contribution in [-0.2, 0) is 15.1 Å². The Hall–Kier alpha value is -3.92. The number of thiazole rings is 1. The molecular formula is C29H34N6O3S. The molecule has 4 rings (SSSR count). The topological polar surface area (TPSA) is 119 Å². The number of nitrogens with one attached hydrogen (secondary N) is 2. The number of urea groups is 1. The Morgan fingerprint density at radius 3 is 2.51 bits per heavy atom. The maximum absolute atomic E-state index is 12.6. The van der Waals surface area contributed by atoms with Crippen LogP contribution in [-0.4, -0.2) is 38.5 Å². The van der Waals surface area contributed by atoms with Gasteiger partial charge < -0.3 is 10.1 Å². The molecule has 39 heavy (non-hydrogen) atoms. The third kappa shape index (κ3) is 6.75. The molecule has 0 spiro atoms. The third-order valence-electron chi connectivity index (χ3n) is 6.26. The number of rotatable bonds is 10. The van der Waals surface area contributed by atoms with Gasteiger partial charge in [-0.05, 0) is 57.0 Å². The quantitative estimate of drug-likeness (QED) is 0.216. The predicted octanol–water partition coefficient (Wildman–Crippen LogP) is 6.56. The second kappa shape index (κ2) is 12.3. The monoisotopic (exact) mass is 546 g/mol. The number of ether oxygens (including phenoxy) is 1. The number of benzene rings is 1. The molecule has 1 unspecified atom stereocenters. The molecule has 3 aromatic heterocycles. The Morgan fingerprint density at radius 1 is 1.08 bits per heavy atom.